The molecule has 0 aliphatic carbocycles. The van der Waals surface area contributed by atoms with E-state index in [9.17, 15) is 4.79 Å². The van der Waals surface area contributed by atoms with Gasteiger partial charge in [-0.1, -0.05) is 12.1 Å². The van der Waals surface area contributed by atoms with Crippen LogP contribution in [0.3, 0.4) is 0 Å². The first-order valence-electron chi connectivity index (χ1n) is 9.59. The number of nitrogens with one attached hydrogen (secondary N) is 1. The van der Waals surface area contributed by atoms with E-state index >= 15 is 0 Å². The molecule has 144 valence electrons. The molecule has 0 saturated carbocycles. The highest BCUT2D eigenvalue weighted by atomic mass is 16.5. The molecule has 3 rings (SSSR count). The fourth-order valence-electron chi connectivity index (χ4n) is 3.25. The third kappa shape index (κ3) is 5.42. The van der Waals surface area contributed by atoms with Crippen molar-refractivity contribution in [2.75, 3.05) is 18.0 Å². The molecule has 2 heterocycles. The van der Waals surface area contributed by atoms with Crippen LogP contribution in [0.2, 0.25) is 0 Å². The molecule has 0 unspecified atom stereocenters. The minimum absolute atomic E-state index is 0.0357. The number of ether oxygens (including phenoxy) is 1. The average Bonchev–Trinajstić information content (AvgIpc) is 2.67. The molecule has 1 atom stereocenters. The van der Waals surface area contributed by atoms with E-state index in [1.807, 2.05) is 51.1 Å². The van der Waals surface area contributed by atoms with Crippen molar-refractivity contribution in [1.29, 1.82) is 0 Å². The highest BCUT2D eigenvalue weighted by molar-refractivity contribution is 5.79. The van der Waals surface area contributed by atoms with Crippen LogP contribution in [0.15, 0.2) is 36.5 Å². The topological polar surface area (TPSA) is 67.4 Å². The fraction of sp³-hybridized carbons (Fsp3) is 0.476. The summed E-state index contributed by atoms with van der Waals surface area (Å²) in [5.41, 5.74) is 2.01. The maximum absolute atomic E-state index is 12.6. The van der Waals surface area contributed by atoms with Crippen LogP contribution < -0.4 is 15.0 Å². The van der Waals surface area contributed by atoms with E-state index in [0.717, 1.165) is 36.4 Å². The van der Waals surface area contributed by atoms with Crippen molar-refractivity contribution >= 4 is 11.9 Å². The minimum Gasteiger partial charge on any atom is -0.491 e. The van der Waals surface area contributed by atoms with Crippen LogP contribution in [0.1, 0.15) is 37.9 Å². The molecule has 1 aromatic carbocycles. The fourth-order valence-corrected chi connectivity index (χ4v) is 3.25. The van der Waals surface area contributed by atoms with Gasteiger partial charge in [-0.15, -0.1) is 0 Å². The van der Waals surface area contributed by atoms with Gasteiger partial charge < -0.3 is 15.0 Å². The zero-order chi connectivity index (χ0) is 19.2. The summed E-state index contributed by atoms with van der Waals surface area (Å²) in [5.74, 6) is 1.62. The Labute approximate surface area is 161 Å². The number of carbonyl (C=O) groups is 1. The Morgan fingerprint density at radius 3 is 2.78 bits per heavy atom. The second kappa shape index (κ2) is 8.84. The van der Waals surface area contributed by atoms with Crippen LogP contribution >= 0.6 is 0 Å². The van der Waals surface area contributed by atoms with Gasteiger partial charge in [0.05, 0.1) is 12.0 Å². The van der Waals surface area contributed by atoms with E-state index in [0.29, 0.717) is 19.0 Å². The predicted molar refractivity (Wildman–Crippen MR) is 106 cm³/mol. The molecule has 0 radical (unpaired) electrons. The first-order valence-corrected chi connectivity index (χ1v) is 9.59. The lowest BCUT2D eigenvalue weighted by atomic mass is 9.97. The van der Waals surface area contributed by atoms with Crippen molar-refractivity contribution in [3.63, 3.8) is 0 Å². The number of anilines is 1. The third-order valence-corrected chi connectivity index (χ3v) is 4.62. The monoisotopic (exact) mass is 368 g/mol. The number of rotatable bonds is 6. The van der Waals surface area contributed by atoms with Gasteiger partial charge in [0.25, 0.3) is 0 Å². The number of nitrogens with zero attached hydrogens (tertiary/aromatic N) is 3. The second-order valence-corrected chi connectivity index (χ2v) is 7.31. The molecule has 1 aliphatic heterocycles. The zero-order valence-electron chi connectivity index (χ0n) is 16.3. The number of aryl methyl sites for hydroxylation is 1. The van der Waals surface area contributed by atoms with Crippen LogP contribution in [-0.2, 0) is 11.3 Å². The molecule has 1 N–H and O–H groups in total. The lowest BCUT2D eigenvalue weighted by molar-refractivity contribution is -0.125. The van der Waals surface area contributed by atoms with Gasteiger partial charge in [-0.05, 0) is 57.4 Å². The summed E-state index contributed by atoms with van der Waals surface area (Å²) in [6, 6.07) is 9.75. The van der Waals surface area contributed by atoms with Crippen molar-refractivity contribution in [2.24, 2.45) is 5.92 Å². The van der Waals surface area contributed by atoms with Gasteiger partial charge in [0.1, 0.15) is 5.75 Å². The number of carbonyl (C=O) groups excluding carboxylic acids is 1. The van der Waals surface area contributed by atoms with Crippen molar-refractivity contribution in [3.05, 3.63) is 47.8 Å². The number of piperidine rings is 1. The molecule has 2 aromatic rings. The summed E-state index contributed by atoms with van der Waals surface area (Å²) in [5, 5.41) is 3.07. The van der Waals surface area contributed by atoms with Gasteiger partial charge in [-0.2, -0.15) is 0 Å². The van der Waals surface area contributed by atoms with Crippen molar-refractivity contribution in [3.8, 4) is 5.75 Å². The number of amides is 1. The Morgan fingerprint density at radius 2 is 2.07 bits per heavy atom. The molecular formula is C21H28N4O2. The Bertz CT molecular complexity index is 761. The Kier molecular flexibility index (Phi) is 6.27. The number of hydrogen-bond donors (Lipinski definition) is 1. The normalized spacial score (nSPS) is 17.0. The van der Waals surface area contributed by atoms with E-state index in [1.54, 1.807) is 6.20 Å². The third-order valence-electron chi connectivity index (χ3n) is 4.62. The molecule has 1 amide bonds. The van der Waals surface area contributed by atoms with Crippen LogP contribution in [0, 0.1) is 12.8 Å². The Hall–Kier alpha value is -2.63. The van der Waals surface area contributed by atoms with E-state index in [2.05, 4.69) is 20.2 Å². The molecule has 1 aliphatic rings. The summed E-state index contributed by atoms with van der Waals surface area (Å²) in [4.78, 5) is 23.6. The smallest absolute Gasteiger partial charge is 0.225 e. The highest BCUT2D eigenvalue weighted by Gasteiger charge is 2.27. The minimum atomic E-state index is -0.0357. The van der Waals surface area contributed by atoms with Crippen LogP contribution in [0.4, 0.5) is 5.95 Å². The highest BCUT2D eigenvalue weighted by Crippen LogP contribution is 2.21. The van der Waals surface area contributed by atoms with Crippen molar-refractivity contribution in [2.45, 2.75) is 46.3 Å². The van der Waals surface area contributed by atoms with Crippen molar-refractivity contribution < 1.29 is 9.53 Å². The largest absolute Gasteiger partial charge is 0.491 e. The van der Waals surface area contributed by atoms with Gasteiger partial charge in [0, 0.05) is 31.5 Å². The van der Waals surface area contributed by atoms with Crippen LogP contribution in [0.5, 0.6) is 5.75 Å². The molecule has 27 heavy (non-hydrogen) atoms. The molecule has 1 saturated heterocycles. The number of benzene rings is 1. The molecule has 1 aromatic heterocycles. The first-order chi connectivity index (χ1) is 13.0. The number of aromatic nitrogens is 2. The van der Waals surface area contributed by atoms with E-state index < -0.39 is 0 Å². The maximum atomic E-state index is 12.6. The second-order valence-electron chi connectivity index (χ2n) is 7.31. The summed E-state index contributed by atoms with van der Waals surface area (Å²) in [6.45, 7) is 8.04. The average molecular weight is 368 g/mol. The summed E-state index contributed by atoms with van der Waals surface area (Å²) < 4.78 is 5.65. The Balaban J connectivity index is 1.53. The SMILES string of the molecule is Cc1ccnc(N2CCC[C@H](C(=O)NCc3ccc(OC(C)C)cc3)C2)n1. The lowest BCUT2D eigenvalue weighted by Crippen LogP contribution is -2.43. The molecule has 1 fully saturated rings. The van der Waals surface area contributed by atoms with Gasteiger partial charge in [-0.25, -0.2) is 9.97 Å². The first kappa shape index (κ1) is 19.1. The summed E-state index contributed by atoms with van der Waals surface area (Å²) >= 11 is 0. The van der Waals surface area contributed by atoms with E-state index in [4.69, 9.17) is 4.74 Å². The standard InChI is InChI=1S/C21H28N4O2/c1-15(2)27-19-8-6-17(7-9-19)13-23-20(26)18-5-4-12-25(14-18)21-22-11-10-16(3)24-21/h6-11,15,18H,4-5,12-14H2,1-3H3,(H,23,26)/t18-/m0/s1. The zero-order valence-corrected chi connectivity index (χ0v) is 16.3. The maximum Gasteiger partial charge on any atom is 0.225 e. The molecule has 0 spiro atoms. The summed E-state index contributed by atoms with van der Waals surface area (Å²) in [6.07, 6.45) is 3.79. The van der Waals surface area contributed by atoms with Crippen molar-refractivity contribution in [1.82, 2.24) is 15.3 Å². The molecule has 0 bridgehead atoms. The van der Waals surface area contributed by atoms with Crippen LogP contribution in [-0.4, -0.2) is 35.1 Å². The van der Waals surface area contributed by atoms with E-state index in [-0.39, 0.29) is 17.9 Å². The predicted octanol–water partition coefficient (Wildman–Crippen LogP) is 3.11. The number of hydrogen-bond acceptors (Lipinski definition) is 5. The van der Waals surface area contributed by atoms with Gasteiger partial charge >= 0.3 is 0 Å². The van der Waals surface area contributed by atoms with E-state index in [1.165, 1.54) is 0 Å². The van der Waals surface area contributed by atoms with Crippen LogP contribution in [0.25, 0.3) is 0 Å². The lowest BCUT2D eigenvalue weighted by Gasteiger charge is -2.32. The molecule has 6 nitrogen and oxygen atoms in total. The quantitative estimate of drug-likeness (QED) is 0.849. The summed E-state index contributed by atoms with van der Waals surface area (Å²) in [7, 11) is 0. The Morgan fingerprint density at radius 1 is 1.30 bits per heavy atom. The van der Waals surface area contributed by atoms with Gasteiger partial charge in [-0.3, -0.25) is 4.79 Å². The van der Waals surface area contributed by atoms with Gasteiger partial charge in [0.15, 0.2) is 0 Å². The van der Waals surface area contributed by atoms with Gasteiger partial charge in [0.2, 0.25) is 11.9 Å². The molecule has 6 heteroatoms. The molecular weight excluding hydrogens is 340 g/mol.